The zero-order valence-corrected chi connectivity index (χ0v) is 11.7. The molecule has 0 saturated carbocycles. The van der Waals surface area contributed by atoms with Crippen molar-refractivity contribution in [2.75, 3.05) is 6.54 Å². The minimum atomic E-state index is -0.107. The Morgan fingerprint density at radius 3 is 2.78 bits per heavy atom. The van der Waals surface area contributed by atoms with Crippen molar-refractivity contribution >= 4 is 21.8 Å². The molecule has 3 rings (SSSR count). The standard InChI is InChI=1S/C14H14BrNO2/c1-9-2-4-10(5-3-9)7-16-8-12-11(14(16)17)6-13(15)18-12/h2-6,11-12H,7-8H2,1H3. The lowest BCUT2D eigenvalue weighted by Gasteiger charge is -2.17. The number of nitrogens with zero attached hydrogens (tertiary/aromatic N) is 1. The molecule has 94 valence electrons. The van der Waals surface area contributed by atoms with Crippen molar-refractivity contribution in [1.82, 2.24) is 4.90 Å². The van der Waals surface area contributed by atoms with Gasteiger partial charge >= 0.3 is 0 Å². The van der Waals surface area contributed by atoms with Crippen LogP contribution in [0.5, 0.6) is 0 Å². The first-order valence-electron chi connectivity index (χ1n) is 6.02. The second-order valence-electron chi connectivity index (χ2n) is 4.86. The number of hydrogen-bond acceptors (Lipinski definition) is 2. The summed E-state index contributed by atoms with van der Waals surface area (Å²) in [6, 6.07) is 8.29. The number of rotatable bonds is 2. The van der Waals surface area contributed by atoms with Gasteiger partial charge in [0.1, 0.15) is 6.10 Å². The van der Waals surface area contributed by atoms with Gasteiger partial charge in [-0.25, -0.2) is 0 Å². The maximum Gasteiger partial charge on any atom is 0.233 e. The van der Waals surface area contributed by atoms with Gasteiger partial charge in [-0.3, -0.25) is 4.79 Å². The molecule has 2 heterocycles. The smallest absolute Gasteiger partial charge is 0.233 e. The summed E-state index contributed by atoms with van der Waals surface area (Å²) < 4.78 is 6.25. The van der Waals surface area contributed by atoms with Gasteiger partial charge in [-0.2, -0.15) is 0 Å². The molecule has 1 fully saturated rings. The summed E-state index contributed by atoms with van der Waals surface area (Å²) in [5.41, 5.74) is 2.40. The molecule has 2 aliphatic rings. The number of hydrogen-bond donors (Lipinski definition) is 0. The van der Waals surface area contributed by atoms with Crippen LogP contribution in [0.15, 0.2) is 35.0 Å². The predicted molar refractivity (Wildman–Crippen MR) is 72.0 cm³/mol. The molecule has 2 atom stereocenters. The summed E-state index contributed by atoms with van der Waals surface area (Å²) in [5, 5.41) is 0. The number of carbonyl (C=O) groups excluding carboxylic acids is 1. The van der Waals surface area contributed by atoms with Gasteiger partial charge in [0.2, 0.25) is 5.91 Å². The van der Waals surface area contributed by atoms with Crippen LogP contribution in [0.25, 0.3) is 0 Å². The molecule has 1 saturated heterocycles. The Hall–Kier alpha value is -1.29. The quantitative estimate of drug-likeness (QED) is 0.840. The number of ether oxygens (including phenoxy) is 1. The van der Waals surface area contributed by atoms with E-state index in [1.54, 1.807) is 0 Å². The van der Waals surface area contributed by atoms with Crippen LogP contribution in [0.2, 0.25) is 0 Å². The van der Waals surface area contributed by atoms with E-state index in [9.17, 15) is 4.79 Å². The van der Waals surface area contributed by atoms with Crippen molar-refractivity contribution in [3.63, 3.8) is 0 Å². The summed E-state index contributed by atoms with van der Waals surface area (Å²) >= 11 is 3.28. The fourth-order valence-corrected chi connectivity index (χ4v) is 2.99. The molecule has 0 spiro atoms. The highest BCUT2D eigenvalue weighted by molar-refractivity contribution is 9.11. The van der Waals surface area contributed by atoms with Crippen LogP contribution in [0.3, 0.4) is 0 Å². The van der Waals surface area contributed by atoms with Crippen LogP contribution >= 0.6 is 15.9 Å². The van der Waals surface area contributed by atoms with Crippen molar-refractivity contribution in [3.8, 4) is 0 Å². The minimum absolute atomic E-state index is 0.0164. The first kappa shape index (κ1) is 11.8. The highest BCUT2D eigenvalue weighted by Gasteiger charge is 2.44. The van der Waals surface area contributed by atoms with Crippen molar-refractivity contribution in [2.45, 2.75) is 19.6 Å². The zero-order valence-electron chi connectivity index (χ0n) is 10.1. The van der Waals surface area contributed by atoms with Crippen molar-refractivity contribution in [3.05, 3.63) is 46.1 Å². The Labute approximate surface area is 115 Å². The third-order valence-electron chi connectivity index (χ3n) is 3.47. The molecule has 1 aromatic rings. The zero-order chi connectivity index (χ0) is 12.7. The Kier molecular flexibility index (Phi) is 2.90. The van der Waals surface area contributed by atoms with E-state index in [0.29, 0.717) is 17.8 Å². The first-order chi connectivity index (χ1) is 8.63. The number of carbonyl (C=O) groups is 1. The summed E-state index contributed by atoms with van der Waals surface area (Å²) in [6.07, 6.45) is 1.85. The molecule has 0 aromatic heterocycles. The number of likely N-dealkylation sites (tertiary alicyclic amines) is 1. The molecular formula is C14H14BrNO2. The van der Waals surface area contributed by atoms with Gasteiger partial charge in [-0.05, 0) is 34.5 Å². The third-order valence-corrected chi connectivity index (χ3v) is 3.92. The molecule has 0 N–H and O–H groups in total. The SMILES string of the molecule is Cc1ccc(CN2CC3OC(Br)=CC3C2=O)cc1. The lowest BCUT2D eigenvalue weighted by Crippen LogP contribution is -2.26. The minimum Gasteiger partial charge on any atom is -0.481 e. The summed E-state index contributed by atoms with van der Waals surface area (Å²) in [7, 11) is 0. The predicted octanol–water partition coefficient (Wildman–Crippen LogP) is 2.59. The maximum atomic E-state index is 12.2. The molecule has 1 amide bonds. The number of aryl methyl sites for hydroxylation is 1. The van der Waals surface area contributed by atoms with Gasteiger partial charge in [0, 0.05) is 6.54 Å². The van der Waals surface area contributed by atoms with Crippen molar-refractivity contribution in [2.24, 2.45) is 5.92 Å². The van der Waals surface area contributed by atoms with Gasteiger partial charge in [0.25, 0.3) is 0 Å². The highest BCUT2D eigenvalue weighted by Crippen LogP contribution is 2.34. The highest BCUT2D eigenvalue weighted by atomic mass is 79.9. The summed E-state index contributed by atoms with van der Waals surface area (Å²) in [4.78, 5) is 14.1. The monoisotopic (exact) mass is 307 g/mol. The lowest BCUT2D eigenvalue weighted by molar-refractivity contribution is -0.130. The molecule has 0 aliphatic carbocycles. The molecule has 0 bridgehead atoms. The average molecular weight is 308 g/mol. The van der Waals surface area contributed by atoms with Crippen molar-refractivity contribution < 1.29 is 9.53 Å². The lowest BCUT2D eigenvalue weighted by atomic mass is 10.1. The molecule has 0 radical (unpaired) electrons. The van der Waals surface area contributed by atoms with Gasteiger partial charge in [-0.15, -0.1) is 0 Å². The van der Waals surface area contributed by atoms with E-state index in [4.69, 9.17) is 4.74 Å². The molecule has 3 nitrogen and oxygen atoms in total. The van der Waals surface area contributed by atoms with Gasteiger partial charge in [0.05, 0.1) is 12.5 Å². The largest absolute Gasteiger partial charge is 0.481 e. The first-order valence-corrected chi connectivity index (χ1v) is 6.81. The van der Waals surface area contributed by atoms with E-state index in [0.717, 1.165) is 5.56 Å². The molecule has 2 unspecified atom stereocenters. The molecule has 18 heavy (non-hydrogen) atoms. The van der Waals surface area contributed by atoms with Crippen LogP contribution < -0.4 is 0 Å². The normalized spacial score (nSPS) is 26.0. The fraction of sp³-hybridized carbons (Fsp3) is 0.357. The molecule has 2 aliphatic heterocycles. The van der Waals surface area contributed by atoms with E-state index in [-0.39, 0.29) is 17.9 Å². The van der Waals surface area contributed by atoms with Gasteiger partial charge in [0.15, 0.2) is 4.67 Å². The van der Waals surface area contributed by atoms with Gasteiger partial charge in [-0.1, -0.05) is 29.8 Å². The maximum absolute atomic E-state index is 12.2. The Morgan fingerprint density at radius 2 is 2.11 bits per heavy atom. The number of halogens is 1. The number of amides is 1. The third kappa shape index (κ3) is 2.05. The Bertz CT molecular complexity index is 509. The van der Waals surface area contributed by atoms with Crippen LogP contribution in [0, 0.1) is 12.8 Å². The number of fused-ring (bicyclic) bond motifs is 1. The second-order valence-corrected chi connectivity index (χ2v) is 5.64. The molecular weight excluding hydrogens is 294 g/mol. The fourth-order valence-electron chi connectivity index (χ4n) is 2.46. The van der Waals surface area contributed by atoms with Gasteiger partial charge < -0.3 is 9.64 Å². The molecule has 1 aromatic carbocycles. The van der Waals surface area contributed by atoms with E-state index in [2.05, 4.69) is 47.1 Å². The Morgan fingerprint density at radius 1 is 1.39 bits per heavy atom. The van der Waals surface area contributed by atoms with E-state index in [1.165, 1.54) is 5.56 Å². The topological polar surface area (TPSA) is 29.5 Å². The van der Waals surface area contributed by atoms with Crippen LogP contribution in [0.4, 0.5) is 0 Å². The number of benzene rings is 1. The van der Waals surface area contributed by atoms with Crippen LogP contribution in [0.1, 0.15) is 11.1 Å². The summed E-state index contributed by atoms with van der Waals surface area (Å²) in [6.45, 7) is 3.40. The van der Waals surface area contributed by atoms with E-state index in [1.807, 2.05) is 11.0 Å². The molecule has 4 heteroatoms. The van der Waals surface area contributed by atoms with Crippen LogP contribution in [-0.2, 0) is 16.1 Å². The average Bonchev–Trinajstić information content (AvgIpc) is 2.82. The van der Waals surface area contributed by atoms with Crippen LogP contribution in [-0.4, -0.2) is 23.5 Å². The summed E-state index contributed by atoms with van der Waals surface area (Å²) in [5.74, 6) is 0.0554. The van der Waals surface area contributed by atoms with E-state index < -0.39 is 0 Å². The van der Waals surface area contributed by atoms with Crippen molar-refractivity contribution in [1.29, 1.82) is 0 Å². The second kappa shape index (κ2) is 4.43. The Balaban J connectivity index is 1.72. The van der Waals surface area contributed by atoms with E-state index >= 15 is 0 Å².